The zero-order valence-electron chi connectivity index (χ0n) is 8.60. The van der Waals surface area contributed by atoms with E-state index in [0.29, 0.717) is 12.3 Å². The van der Waals surface area contributed by atoms with Gasteiger partial charge in [0.15, 0.2) is 11.7 Å². The SMILES string of the molecule is Cc1nc(CCO)c(-c2ccccc2)o1. The molecule has 0 aliphatic heterocycles. The average Bonchev–Trinajstić information content (AvgIpc) is 2.62. The number of rotatable bonds is 3. The molecule has 0 spiro atoms. The summed E-state index contributed by atoms with van der Waals surface area (Å²) in [6.45, 7) is 1.90. The lowest BCUT2D eigenvalue weighted by Gasteiger charge is -1.98. The molecule has 2 aromatic rings. The minimum Gasteiger partial charge on any atom is -0.441 e. The Morgan fingerprint density at radius 1 is 1.27 bits per heavy atom. The van der Waals surface area contributed by atoms with E-state index in [0.717, 1.165) is 17.0 Å². The molecule has 1 aromatic heterocycles. The number of aromatic nitrogens is 1. The molecule has 1 heterocycles. The number of aryl methyl sites for hydroxylation is 1. The first-order chi connectivity index (χ1) is 7.31. The van der Waals surface area contributed by atoms with Crippen LogP contribution in [0, 0.1) is 6.92 Å². The molecule has 0 saturated heterocycles. The molecule has 78 valence electrons. The van der Waals surface area contributed by atoms with Crippen LogP contribution in [-0.4, -0.2) is 16.7 Å². The summed E-state index contributed by atoms with van der Waals surface area (Å²) in [5.74, 6) is 1.40. The van der Waals surface area contributed by atoms with Crippen molar-refractivity contribution in [1.29, 1.82) is 0 Å². The summed E-state index contributed by atoms with van der Waals surface area (Å²) in [6, 6.07) is 9.81. The Balaban J connectivity index is 2.43. The second-order valence-corrected chi connectivity index (χ2v) is 3.35. The van der Waals surface area contributed by atoms with Gasteiger partial charge in [-0.05, 0) is 0 Å². The van der Waals surface area contributed by atoms with Crippen LogP contribution >= 0.6 is 0 Å². The predicted octanol–water partition coefficient (Wildman–Crippen LogP) is 2.18. The molecule has 15 heavy (non-hydrogen) atoms. The van der Waals surface area contributed by atoms with Gasteiger partial charge in [0.05, 0.1) is 5.69 Å². The van der Waals surface area contributed by atoms with Crippen LogP contribution in [0.1, 0.15) is 11.6 Å². The fourth-order valence-electron chi connectivity index (χ4n) is 1.56. The number of aliphatic hydroxyl groups excluding tert-OH is 1. The Bertz CT molecular complexity index is 434. The summed E-state index contributed by atoms with van der Waals surface area (Å²) in [5, 5.41) is 8.92. The predicted molar refractivity (Wildman–Crippen MR) is 57.5 cm³/mol. The fourth-order valence-corrected chi connectivity index (χ4v) is 1.56. The summed E-state index contributed by atoms with van der Waals surface area (Å²) < 4.78 is 5.53. The van der Waals surface area contributed by atoms with E-state index < -0.39 is 0 Å². The van der Waals surface area contributed by atoms with E-state index in [1.807, 2.05) is 37.3 Å². The smallest absolute Gasteiger partial charge is 0.192 e. The fraction of sp³-hybridized carbons (Fsp3) is 0.250. The topological polar surface area (TPSA) is 46.3 Å². The van der Waals surface area contributed by atoms with Gasteiger partial charge in [0.25, 0.3) is 0 Å². The number of nitrogens with zero attached hydrogens (tertiary/aromatic N) is 1. The lowest BCUT2D eigenvalue weighted by atomic mass is 10.1. The Hall–Kier alpha value is -1.61. The van der Waals surface area contributed by atoms with Gasteiger partial charge in [0.2, 0.25) is 0 Å². The van der Waals surface area contributed by atoms with Crippen molar-refractivity contribution in [2.75, 3.05) is 6.61 Å². The summed E-state index contributed by atoms with van der Waals surface area (Å²) in [5.41, 5.74) is 1.82. The van der Waals surface area contributed by atoms with E-state index in [9.17, 15) is 0 Å². The standard InChI is InChI=1S/C12H13NO2/c1-9-13-11(7-8-14)12(15-9)10-5-3-2-4-6-10/h2-6,14H,7-8H2,1H3. The third kappa shape index (κ3) is 2.07. The monoisotopic (exact) mass is 203 g/mol. The van der Waals surface area contributed by atoms with E-state index in [1.54, 1.807) is 0 Å². The second-order valence-electron chi connectivity index (χ2n) is 3.35. The van der Waals surface area contributed by atoms with Crippen LogP contribution in [-0.2, 0) is 6.42 Å². The van der Waals surface area contributed by atoms with Crippen LogP contribution in [0.25, 0.3) is 11.3 Å². The van der Waals surface area contributed by atoms with Crippen LogP contribution in [0.4, 0.5) is 0 Å². The van der Waals surface area contributed by atoms with Gasteiger partial charge in [-0.25, -0.2) is 4.98 Å². The van der Waals surface area contributed by atoms with Gasteiger partial charge in [-0.2, -0.15) is 0 Å². The van der Waals surface area contributed by atoms with Gasteiger partial charge in [-0.3, -0.25) is 0 Å². The summed E-state index contributed by atoms with van der Waals surface area (Å²) in [7, 11) is 0. The number of aliphatic hydroxyl groups is 1. The molecule has 2 rings (SSSR count). The van der Waals surface area contributed by atoms with Crippen LogP contribution < -0.4 is 0 Å². The van der Waals surface area contributed by atoms with Crippen molar-refractivity contribution in [3.63, 3.8) is 0 Å². The van der Waals surface area contributed by atoms with Crippen LogP contribution in [0.2, 0.25) is 0 Å². The minimum atomic E-state index is 0.0891. The quantitative estimate of drug-likeness (QED) is 0.831. The number of benzene rings is 1. The first-order valence-corrected chi connectivity index (χ1v) is 4.94. The largest absolute Gasteiger partial charge is 0.441 e. The van der Waals surface area contributed by atoms with E-state index in [-0.39, 0.29) is 6.61 Å². The van der Waals surface area contributed by atoms with E-state index in [4.69, 9.17) is 9.52 Å². The molecule has 3 nitrogen and oxygen atoms in total. The first kappa shape index (κ1) is 9.93. The maximum absolute atomic E-state index is 8.92. The maximum Gasteiger partial charge on any atom is 0.192 e. The molecule has 3 heteroatoms. The molecule has 0 bridgehead atoms. The van der Waals surface area contributed by atoms with Crippen LogP contribution in [0.5, 0.6) is 0 Å². The Morgan fingerprint density at radius 3 is 2.67 bits per heavy atom. The highest BCUT2D eigenvalue weighted by atomic mass is 16.4. The number of hydrogen-bond acceptors (Lipinski definition) is 3. The maximum atomic E-state index is 8.92. The third-order valence-corrected chi connectivity index (χ3v) is 2.19. The van der Waals surface area contributed by atoms with Crippen molar-refractivity contribution in [3.05, 3.63) is 41.9 Å². The third-order valence-electron chi connectivity index (χ3n) is 2.19. The lowest BCUT2D eigenvalue weighted by Crippen LogP contribution is -1.93. The first-order valence-electron chi connectivity index (χ1n) is 4.94. The highest BCUT2D eigenvalue weighted by Gasteiger charge is 2.11. The average molecular weight is 203 g/mol. The molecule has 0 aliphatic carbocycles. The minimum absolute atomic E-state index is 0.0891. The van der Waals surface area contributed by atoms with Gasteiger partial charge in [-0.15, -0.1) is 0 Å². The molecular weight excluding hydrogens is 190 g/mol. The Kier molecular flexibility index (Phi) is 2.83. The number of oxazole rings is 1. The highest BCUT2D eigenvalue weighted by molar-refractivity contribution is 5.59. The van der Waals surface area contributed by atoms with Crippen molar-refractivity contribution >= 4 is 0 Å². The lowest BCUT2D eigenvalue weighted by molar-refractivity contribution is 0.298. The summed E-state index contributed by atoms with van der Waals surface area (Å²) in [4.78, 5) is 4.25. The van der Waals surface area contributed by atoms with Gasteiger partial charge in [-0.1, -0.05) is 30.3 Å². The molecule has 0 aliphatic rings. The van der Waals surface area contributed by atoms with Crippen molar-refractivity contribution in [2.45, 2.75) is 13.3 Å². The zero-order valence-corrected chi connectivity index (χ0v) is 8.60. The molecule has 0 saturated carbocycles. The van der Waals surface area contributed by atoms with Gasteiger partial charge >= 0.3 is 0 Å². The Morgan fingerprint density at radius 2 is 2.00 bits per heavy atom. The molecule has 1 N–H and O–H groups in total. The van der Waals surface area contributed by atoms with Crippen molar-refractivity contribution < 1.29 is 9.52 Å². The van der Waals surface area contributed by atoms with Crippen molar-refractivity contribution in [3.8, 4) is 11.3 Å². The zero-order chi connectivity index (χ0) is 10.7. The Labute approximate surface area is 88.4 Å². The molecule has 0 radical (unpaired) electrons. The highest BCUT2D eigenvalue weighted by Crippen LogP contribution is 2.24. The van der Waals surface area contributed by atoms with Crippen LogP contribution in [0.15, 0.2) is 34.7 Å². The van der Waals surface area contributed by atoms with E-state index >= 15 is 0 Å². The normalized spacial score (nSPS) is 10.5. The van der Waals surface area contributed by atoms with Crippen LogP contribution in [0.3, 0.4) is 0 Å². The van der Waals surface area contributed by atoms with Crippen molar-refractivity contribution in [1.82, 2.24) is 4.98 Å². The van der Waals surface area contributed by atoms with E-state index in [2.05, 4.69) is 4.98 Å². The van der Waals surface area contributed by atoms with Gasteiger partial charge < -0.3 is 9.52 Å². The molecule has 0 amide bonds. The summed E-state index contributed by atoms with van der Waals surface area (Å²) >= 11 is 0. The van der Waals surface area contributed by atoms with Gasteiger partial charge in [0.1, 0.15) is 0 Å². The molecule has 0 unspecified atom stereocenters. The summed E-state index contributed by atoms with van der Waals surface area (Å²) in [6.07, 6.45) is 0.529. The molecule has 1 aromatic carbocycles. The molecule has 0 atom stereocenters. The second kappa shape index (κ2) is 4.28. The van der Waals surface area contributed by atoms with Gasteiger partial charge in [0, 0.05) is 25.5 Å². The van der Waals surface area contributed by atoms with Crippen molar-refractivity contribution in [2.24, 2.45) is 0 Å². The molecular formula is C12H13NO2. The van der Waals surface area contributed by atoms with E-state index in [1.165, 1.54) is 0 Å². The molecule has 0 fully saturated rings. The number of hydrogen-bond donors (Lipinski definition) is 1.